The topological polar surface area (TPSA) is 30.5 Å². The van der Waals surface area contributed by atoms with Gasteiger partial charge in [0.1, 0.15) is 11.9 Å². The van der Waals surface area contributed by atoms with Crippen molar-refractivity contribution >= 4 is 0 Å². The fourth-order valence-corrected chi connectivity index (χ4v) is 1.31. The predicted octanol–water partition coefficient (Wildman–Crippen LogP) is 1.32. The zero-order valence-corrected chi connectivity index (χ0v) is 8.22. The molecule has 82 valence electrons. The minimum atomic E-state index is -0.737. The van der Waals surface area contributed by atoms with E-state index < -0.39 is 11.6 Å². The van der Waals surface area contributed by atoms with E-state index in [0.29, 0.717) is 13.1 Å². The number of methoxy groups -OCH3 is 1. The number of hydrogen-bond donors (Lipinski definition) is 1. The van der Waals surface area contributed by atoms with E-state index in [1.54, 1.807) is 0 Å². The Morgan fingerprint density at radius 3 is 2.60 bits per heavy atom. The van der Waals surface area contributed by atoms with Gasteiger partial charge in [0.2, 0.25) is 0 Å². The molecular weight excluding hydrogens is 204 g/mol. The molecule has 0 saturated carbocycles. The summed E-state index contributed by atoms with van der Waals surface area (Å²) in [6, 6.07) is 1.88. The second kappa shape index (κ2) is 4.02. The summed E-state index contributed by atoms with van der Waals surface area (Å²) in [7, 11) is 1.35. The first kappa shape index (κ1) is 10.2. The smallest absolute Gasteiger partial charge is 0.197 e. The normalized spacial score (nSPS) is 15.9. The molecule has 0 spiro atoms. The van der Waals surface area contributed by atoms with Crippen LogP contribution in [0.3, 0.4) is 0 Å². The van der Waals surface area contributed by atoms with Crippen LogP contribution in [0.1, 0.15) is 0 Å². The molecule has 1 saturated heterocycles. The molecule has 15 heavy (non-hydrogen) atoms. The van der Waals surface area contributed by atoms with Crippen molar-refractivity contribution < 1.29 is 18.3 Å². The van der Waals surface area contributed by atoms with E-state index in [2.05, 4.69) is 5.32 Å². The molecule has 2 rings (SSSR count). The van der Waals surface area contributed by atoms with E-state index in [0.717, 1.165) is 12.1 Å². The zero-order valence-electron chi connectivity index (χ0n) is 8.22. The Morgan fingerprint density at radius 1 is 1.33 bits per heavy atom. The van der Waals surface area contributed by atoms with Crippen LogP contribution in [-0.4, -0.2) is 26.3 Å². The first-order valence-electron chi connectivity index (χ1n) is 4.61. The lowest BCUT2D eigenvalue weighted by atomic mass is 10.2. The van der Waals surface area contributed by atoms with Crippen molar-refractivity contribution in [3.63, 3.8) is 0 Å². The van der Waals surface area contributed by atoms with Crippen LogP contribution in [0.5, 0.6) is 11.5 Å². The van der Waals surface area contributed by atoms with Crippen molar-refractivity contribution in [2.75, 3.05) is 20.2 Å². The second-order valence-electron chi connectivity index (χ2n) is 3.32. The molecule has 0 unspecified atom stereocenters. The highest BCUT2D eigenvalue weighted by Crippen LogP contribution is 2.32. The molecule has 1 heterocycles. The maximum absolute atomic E-state index is 13.4. The highest BCUT2D eigenvalue weighted by molar-refractivity contribution is 5.41. The molecule has 0 atom stereocenters. The van der Waals surface area contributed by atoms with Crippen LogP contribution in [0.15, 0.2) is 12.1 Å². The van der Waals surface area contributed by atoms with Gasteiger partial charge in [0.05, 0.1) is 7.11 Å². The molecule has 5 heteroatoms. The zero-order chi connectivity index (χ0) is 10.8. The fraction of sp³-hybridized carbons (Fsp3) is 0.400. The maximum atomic E-state index is 13.4. The Bertz CT molecular complexity index is 367. The van der Waals surface area contributed by atoms with Crippen molar-refractivity contribution in [1.29, 1.82) is 0 Å². The van der Waals surface area contributed by atoms with E-state index in [9.17, 15) is 8.78 Å². The van der Waals surface area contributed by atoms with Crippen LogP contribution in [0, 0.1) is 11.6 Å². The minimum Gasteiger partial charge on any atom is -0.493 e. The molecule has 1 aromatic rings. The third-order valence-electron chi connectivity index (χ3n) is 2.22. The van der Waals surface area contributed by atoms with Gasteiger partial charge in [-0.05, 0) is 0 Å². The third-order valence-corrected chi connectivity index (χ3v) is 2.22. The molecule has 0 radical (unpaired) electrons. The van der Waals surface area contributed by atoms with Gasteiger partial charge in [0.15, 0.2) is 17.3 Å². The highest BCUT2D eigenvalue weighted by atomic mass is 19.1. The SMILES string of the molecule is COc1cc(F)cc(F)c1OC1CNC1. The van der Waals surface area contributed by atoms with Gasteiger partial charge in [-0.15, -0.1) is 0 Å². The molecule has 0 aliphatic carbocycles. The third kappa shape index (κ3) is 2.02. The largest absolute Gasteiger partial charge is 0.493 e. The van der Waals surface area contributed by atoms with E-state index in [1.165, 1.54) is 7.11 Å². The Hall–Kier alpha value is -1.36. The van der Waals surface area contributed by atoms with Gasteiger partial charge in [-0.25, -0.2) is 8.78 Å². The summed E-state index contributed by atoms with van der Waals surface area (Å²) in [5, 5.41) is 2.99. The lowest BCUT2D eigenvalue weighted by Gasteiger charge is -2.28. The molecule has 1 aliphatic rings. The Balaban J connectivity index is 2.26. The summed E-state index contributed by atoms with van der Waals surface area (Å²) in [4.78, 5) is 0. The Morgan fingerprint density at radius 2 is 2.07 bits per heavy atom. The van der Waals surface area contributed by atoms with Crippen LogP contribution in [0.4, 0.5) is 8.78 Å². The average Bonchev–Trinajstić information content (AvgIpc) is 2.12. The molecule has 0 amide bonds. The summed E-state index contributed by atoms with van der Waals surface area (Å²) >= 11 is 0. The van der Waals surface area contributed by atoms with Gasteiger partial charge in [-0.3, -0.25) is 0 Å². The number of benzene rings is 1. The van der Waals surface area contributed by atoms with Gasteiger partial charge in [-0.1, -0.05) is 0 Å². The monoisotopic (exact) mass is 215 g/mol. The van der Waals surface area contributed by atoms with Crippen LogP contribution in [0.2, 0.25) is 0 Å². The lowest BCUT2D eigenvalue weighted by molar-refractivity contribution is 0.131. The molecule has 3 nitrogen and oxygen atoms in total. The molecule has 0 aromatic heterocycles. The van der Waals surface area contributed by atoms with Gasteiger partial charge < -0.3 is 14.8 Å². The van der Waals surface area contributed by atoms with E-state index in [-0.39, 0.29) is 17.6 Å². The summed E-state index contributed by atoms with van der Waals surface area (Å²) in [6.45, 7) is 1.33. The second-order valence-corrected chi connectivity index (χ2v) is 3.32. The first-order valence-corrected chi connectivity index (χ1v) is 4.61. The Kier molecular flexibility index (Phi) is 2.73. The maximum Gasteiger partial charge on any atom is 0.197 e. The fourth-order valence-electron chi connectivity index (χ4n) is 1.31. The van der Waals surface area contributed by atoms with Gasteiger partial charge in [0.25, 0.3) is 0 Å². The summed E-state index contributed by atoms with van der Waals surface area (Å²) in [5.74, 6) is -1.35. The van der Waals surface area contributed by atoms with Gasteiger partial charge in [0, 0.05) is 25.2 Å². The molecule has 1 N–H and O–H groups in total. The predicted molar refractivity (Wildman–Crippen MR) is 50.2 cm³/mol. The molecular formula is C10H11F2NO2. The van der Waals surface area contributed by atoms with E-state index in [1.807, 2.05) is 0 Å². The lowest BCUT2D eigenvalue weighted by Crippen LogP contribution is -2.50. The van der Waals surface area contributed by atoms with E-state index in [4.69, 9.17) is 9.47 Å². The van der Waals surface area contributed by atoms with Gasteiger partial charge >= 0.3 is 0 Å². The van der Waals surface area contributed by atoms with Crippen LogP contribution in [-0.2, 0) is 0 Å². The van der Waals surface area contributed by atoms with Gasteiger partial charge in [-0.2, -0.15) is 0 Å². The summed E-state index contributed by atoms with van der Waals surface area (Å²) in [6.07, 6.45) is -0.0705. The van der Waals surface area contributed by atoms with Crippen LogP contribution >= 0.6 is 0 Å². The van der Waals surface area contributed by atoms with Crippen LogP contribution in [0.25, 0.3) is 0 Å². The van der Waals surface area contributed by atoms with Crippen molar-refractivity contribution in [1.82, 2.24) is 5.32 Å². The Labute approximate surface area is 86.0 Å². The van der Waals surface area contributed by atoms with Crippen molar-refractivity contribution in [2.45, 2.75) is 6.10 Å². The number of rotatable bonds is 3. The quantitative estimate of drug-likeness (QED) is 0.825. The number of ether oxygens (including phenoxy) is 2. The van der Waals surface area contributed by atoms with Crippen molar-refractivity contribution in [2.24, 2.45) is 0 Å². The summed E-state index contributed by atoms with van der Waals surface area (Å²) in [5.41, 5.74) is 0. The van der Waals surface area contributed by atoms with E-state index >= 15 is 0 Å². The van der Waals surface area contributed by atoms with Crippen LogP contribution < -0.4 is 14.8 Å². The molecule has 1 aromatic carbocycles. The van der Waals surface area contributed by atoms with Crippen molar-refractivity contribution in [3.05, 3.63) is 23.8 Å². The minimum absolute atomic E-state index is 0.0228. The number of hydrogen-bond acceptors (Lipinski definition) is 3. The summed E-state index contributed by atoms with van der Waals surface area (Å²) < 4.78 is 36.4. The average molecular weight is 215 g/mol. The molecule has 0 bridgehead atoms. The standard InChI is InChI=1S/C10H11F2NO2/c1-14-9-3-6(11)2-8(12)10(9)15-7-4-13-5-7/h2-3,7,13H,4-5H2,1H3. The number of halogens is 2. The highest BCUT2D eigenvalue weighted by Gasteiger charge is 2.23. The first-order chi connectivity index (χ1) is 7.20. The number of nitrogens with one attached hydrogen (secondary N) is 1. The van der Waals surface area contributed by atoms with Crippen molar-refractivity contribution in [3.8, 4) is 11.5 Å². The molecule has 1 aliphatic heterocycles. The molecule has 1 fully saturated rings.